The fourth-order valence-electron chi connectivity index (χ4n) is 0.940. The van der Waals surface area contributed by atoms with Crippen LogP contribution in [0.4, 0.5) is 0 Å². The molecule has 2 aliphatic rings. The summed E-state index contributed by atoms with van der Waals surface area (Å²) in [4.78, 5) is 4.18. The van der Waals surface area contributed by atoms with Crippen molar-refractivity contribution < 1.29 is 21.6 Å². The highest BCUT2D eigenvalue weighted by molar-refractivity contribution is 8.13. The van der Waals surface area contributed by atoms with Crippen LogP contribution in [-0.2, 0) is 0 Å². The molecule has 0 aliphatic carbocycles. The summed E-state index contributed by atoms with van der Waals surface area (Å²) in [6.07, 6.45) is 1.97. The first kappa shape index (κ1) is 7.28. The molecular weight excluding hydrogens is 200 g/mol. The Hall–Kier alpha value is 0.170. The number of halogens is 1. The molecule has 2 aliphatic heterocycles. The fraction of sp³-hybridized carbons (Fsp3) is 0.600. The number of rotatable bonds is 0. The number of hydrogen-bond acceptors (Lipinski definition) is 2. The second-order valence-electron chi connectivity index (χ2n) is 1.89. The Balaban J connectivity index is 0.000000405. The number of aliphatic imine (C=N–C) groups is 1. The van der Waals surface area contributed by atoms with Gasteiger partial charge in [-0.05, 0) is 16.8 Å². The van der Waals surface area contributed by atoms with Crippen LogP contribution in [0.2, 0.25) is 0 Å². The molecule has 0 saturated heterocycles. The van der Waals surface area contributed by atoms with E-state index in [0.29, 0.717) is 0 Å². The van der Waals surface area contributed by atoms with Crippen molar-refractivity contribution >= 4 is 23.1 Å². The van der Waals surface area contributed by atoms with Gasteiger partial charge in [0.25, 0.3) is 0 Å². The van der Waals surface area contributed by atoms with Crippen LogP contribution < -0.4 is 17.0 Å². The minimum absolute atomic E-state index is 0. The maximum Gasteiger partial charge on any atom is 0.354 e. The van der Waals surface area contributed by atoms with Crippen LogP contribution in [0.3, 0.4) is 0 Å². The first-order valence-electron chi connectivity index (χ1n) is 2.74. The van der Waals surface area contributed by atoms with Crippen molar-refractivity contribution in [2.45, 2.75) is 0 Å². The molecule has 4 heteroatoms. The molecule has 2 nitrogen and oxygen atoms in total. The standard InChI is InChI=1S/C5H7N2S.BrH/c1-2-7-3-4-8-5(7)6-1;/h1H,2-4H2;1H/q+1;/p-1. The van der Waals surface area contributed by atoms with Gasteiger partial charge in [0.15, 0.2) is 6.21 Å². The van der Waals surface area contributed by atoms with Crippen LogP contribution in [0.25, 0.3) is 0 Å². The van der Waals surface area contributed by atoms with Gasteiger partial charge in [0, 0.05) is 5.75 Å². The zero-order chi connectivity index (χ0) is 5.40. The summed E-state index contributed by atoms with van der Waals surface area (Å²) in [7, 11) is 0. The molecule has 0 spiro atoms. The Labute approximate surface area is 68.8 Å². The van der Waals surface area contributed by atoms with E-state index >= 15 is 0 Å². The Morgan fingerprint density at radius 3 is 3.33 bits per heavy atom. The lowest BCUT2D eigenvalue weighted by Gasteiger charge is -1.85. The summed E-state index contributed by atoms with van der Waals surface area (Å²) < 4.78 is 2.30. The number of nitrogens with zero attached hydrogens (tertiary/aromatic N) is 2. The molecular formula is C5H7BrN2S. The Bertz CT molecular complexity index is 176. The van der Waals surface area contributed by atoms with Crippen molar-refractivity contribution in [1.82, 2.24) is 0 Å². The van der Waals surface area contributed by atoms with Crippen LogP contribution in [0.1, 0.15) is 0 Å². The highest BCUT2D eigenvalue weighted by Crippen LogP contribution is 2.14. The maximum absolute atomic E-state index is 4.18. The van der Waals surface area contributed by atoms with Gasteiger partial charge in [-0.25, -0.2) is 4.58 Å². The first-order valence-corrected chi connectivity index (χ1v) is 3.72. The number of hydrogen-bond donors (Lipinski definition) is 0. The van der Waals surface area contributed by atoms with Crippen molar-refractivity contribution in [2.24, 2.45) is 4.99 Å². The lowest BCUT2D eigenvalue weighted by atomic mass is 10.6. The minimum atomic E-state index is 0. The van der Waals surface area contributed by atoms with Gasteiger partial charge >= 0.3 is 5.17 Å². The van der Waals surface area contributed by atoms with E-state index in [0.717, 1.165) is 6.54 Å². The molecule has 0 aromatic heterocycles. The average Bonchev–Trinajstić information content (AvgIpc) is 2.15. The van der Waals surface area contributed by atoms with Crippen molar-refractivity contribution in [3.05, 3.63) is 0 Å². The molecule has 0 atom stereocenters. The molecule has 0 aromatic rings. The van der Waals surface area contributed by atoms with E-state index in [4.69, 9.17) is 0 Å². The van der Waals surface area contributed by atoms with Gasteiger partial charge in [0.1, 0.15) is 6.54 Å². The van der Waals surface area contributed by atoms with Crippen molar-refractivity contribution in [3.63, 3.8) is 0 Å². The monoisotopic (exact) mass is 206 g/mol. The molecule has 0 unspecified atom stereocenters. The second kappa shape index (κ2) is 2.84. The van der Waals surface area contributed by atoms with Crippen LogP contribution in [0.15, 0.2) is 4.99 Å². The van der Waals surface area contributed by atoms with E-state index in [1.54, 1.807) is 0 Å². The number of thioether (sulfide) groups is 1. The van der Waals surface area contributed by atoms with Crippen LogP contribution in [0, 0.1) is 0 Å². The SMILES string of the molecule is C1=NC2=[N+](C1)CCS2.[Br-]. The smallest absolute Gasteiger partial charge is 0.354 e. The van der Waals surface area contributed by atoms with Gasteiger partial charge < -0.3 is 17.0 Å². The van der Waals surface area contributed by atoms with E-state index in [-0.39, 0.29) is 17.0 Å². The topological polar surface area (TPSA) is 15.4 Å². The molecule has 0 radical (unpaired) electrons. The zero-order valence-electron chi connectivity index (χ0n) is 4.88. The van der Waals surface area contributed by atoms with Gasteiger partial charge in [-0.15, -0.1) is 0 Å². The van der Waals surface area contributed by atoms with E-state index in [9.17, 15) is 0 Å². The Kier molecular flexibility index (Phi) is 2.29. The van der Waals surface area contributed by atoms with E-state index in [2.05, 4.69) is 9.57 Å². The lowest BCUT2D eigenvalue weighted by Crippen LogP contribution is -3.00. The van der Waals surface area contributed by atoms with Gasteiger partial charge in [0.2, 0.25) is 0 Å². The van der Waals surface area contributed by atoms with Crippen LogP contribution in [-0.4, -0.2) is 34.8 Å². The summed E-state index contributed by atoms with van der Waals surface area (Å²) in [5.41, 5.74) is 0. The highest BCUT2D eigenvalue weighted by Gasteiger charge is 2.24. The van der Waals surface area contributed by atoms with E-state index < -0.39 is 0 Å². The molecule has 0 fully saturated rings. The first-order chi connectivity index (χ1) is 3.97. The predicted molar refractivity (Wildman–Crippen MR) is 36.0 cm³/mol. The Morgan fingerprint density at radius 2 is 2.56 bits per heavy atom. The summed E-state index contributed by atoms with van der Waals surface area (Å²) in [5, 5.41) is 1.23. The molecule has 0 aromatic carbocycles. The van der Waals surface area contributed by atoms with Crippen molar-refractivity contribution in [3.8, 4) is 0 Å². The zero-order valence-corrected chi connectivity index (χ0v) is 7.28. The summed E-state index contributed by atoms with van der Waals surface area (Å²) in [6, 6.07) is 0. The normalized spacial score (nSPS) is 22.2. The van der Waals surface area contributed by atoms with Crippen molar-refractivity contribution in [1.29, 1.82) is 0 Å². The minimum Gasteiger partial charge on any atom is -1.00 e. The van der Waals surface area contributed by atoms with Gasteiger partial charge in [0.05, 0.1) is 6.54 Å². The molecule has 9 heavy (non-hydrogen) atoms. The van der Waals surface area contributed by atoms with Gasteiger partial charge in [-0.1, -0.05) is 0 Å². The largest absolute Gasteiger partial charge is 1.00 e. The molecule has 0 saturated carbocycles. The molecule has 2 heterocycles. The quantitative estimate of drug-likeness (QED) is 0.391. The molecule has 0 N–H and O–H groups in total. The summed E-state index contributed by atoms with van der Waals surface area (Å²) in [6.45, 7) is 2.24. The van der Waals surface area contributed by atoms with Crippen molar-refractivity contribution in [2.75, 3.05) is 18.8 Å². The summed E-state index contributed by atoms with van der Waals surface area (Å²) in [5.74, 6) is 1.23. The molecule has 50 valence electrons. The third-order valence-electron chi connectivity index (χ3n) is 1.37. The summed E-state index contributed by atoms with van der Waals surface area (Å²) >= 11 is 1.86. The fourth-order valence-corrected chi connectivity index (χ4v) is 1.93. The molecule has 0 amide bonds. The van der Waals surface area contributed by atoms with Crippen LogP contribution in [0.5, 0.6) is 0 Å². The number of amidine groups is 1. The highest BCUT2D eigenvalue weighted by atomic mass is 79.9. The van der Waals surface area contributed by atoms with E-state index in [1.807, 2.05) is 18.0 Å². The third kappa shape index (κ3) is 1.19. The second-order valence-corrected chi connectivity index (χ2v) is 2.95. The Morgan fingerprint density at radius 1 is 1.67 bits per heavy atom. The lowest BCUT2D eigenvalue weighted by molar-refractivity contribution is -0.498. The van der Waals surface area contributed by atoms with Crippen LogP contribution >= 0.6 is 11.8 Å². The van der Waals surface area contributed by atoms with Gasteiger partial charge in [-0.2, -0.15) is 0 Å². The third-order valence-corrected chi connectivity index (χ3v) is 2.38. The van der Waals surface area contributed by atoms with E-state index in [1.165, 1.54) is 17.5 Å². The maximum atomic E-state index is 4.18. The predicted octanol–water partition coefficient (Wildman–Crippen LogP) is -2.81. The van der Waals surface area contributed by atoms with Gasteiger partial charge in [-0.3, -0.25) is 0 Å². The molecule has 2 rings (SSSR count). The average molecular weight is 207 g/mol. The molecule has 0 bridgehead atoms.